The Morgan fingerprint density at radius 1 is 1.08 bits per heavy atom. The molecule has 9 heteroatoms. The van der Waals surface area contributed by atoms with E-state index in [0.717, 1.165) is 5.52 Å². The van der Waals surface area contributed by atoms with E-state index in [1.54, 1.807) is 18.2 Å². The molecule has 1 aromatic heterocycles. The van der Waals surface area contributed by atoms with Crippen LogP contribution in [0.5, 0.6) is 0 Å². The molecule has 1 heterocycles. The van der Waals surface area contributed by atoms with Crippen molar-refractivity contribution in [1.82, 2.24) is 25.8 Å². The highest BCUT2D eigenvalue weighted by Crippen LogP contribution is 2.20. The summed E-state index contributed by atoms with van der Waals surface area (Å²) in [6.07, 6.45) is 0. The van der Waals surface area contributed by atoms with Crippen molar-refractivity contribution in [3.8, 4) is 0 Å². The van der Waals surface area contributed by atoms with Crippen LogP contribution in [0.4, 0.5) is 0 Å². The van der Waals surface area contributed by atoms with Gasteiger partial charge >= 0.3 is 0 Å². The van der Waals surface area contributed by atoms with Gasteiger partial charge < -0.3 is 0 Å². The molecule has 2 aromatic carbocycles. The largest absolute Gasteiger partial charge is 0.271 e. The molecular formula is C15H11Cl2N5O2. The van der Waals surface area contributed by atoms with Gasteiger partial charge in [0.1, 0.15) is 12.1 Å². The van der Waals surface area contributed by atoms with Gasteiger partial charge in [-0.15, -0.1) is 5.10 Å². The summed E-state index contributed by atoms with van der Waals surface area (Å²) in [7, 11) is 0. The molecule has 0 saturated carbocycles. The van der Waals surface area contributed by atoms with Gasteiger partial charge in [0.15, 0.2) is 0 Å². The van der Waals surface area contributed by atoms with Crippen LogP contribution in [0.2, 0.25) is 10.0 Å². The number of amides is 2. The molecule has 122 valence electrons. The van der Waals surface area contributed by atoms with E-state index < -0.39 is 11.8 Å². The fourth-order valence-corrected chi connectivity index (χ4v) is 2.45. The van der Waals surface area contributed by atoms with Crippen LogP contribution >= 0.6 is 23.2 Å². The minimum absolute atomic E-state index is 0.0932. The molecule has 24 heavy (non-hydrogen) atoms. The predicted molar refractivity (Wildman–Crippen MR) is 89.6 cm³/mol. The fourth-order valence-electron chi connectivity index (χ4n) is 2.07. The fraction of sp³-hybridized carbons (Fsp3) is 0.0667. The van der Waals surface area contributed by atoms with Crippen molar-refractivity contribution in [3.63, 3.8) is 0 Å². The lowest BCUT2D eigenvalue weighted by atomic mass is 10.2. The van der Waals surface area contributed by atoms with E-state index in [4.69, 9.17) is 23.2 Å². The second kappa shape index (κ2) is 6.86. The Labute approximate surface area is 146 Å². The number of fused-ring (bicyclic) bond motifs is 1. The Morgan fingerprint density at radius 3 is 2.71 bits per heavy atom. The van der Waals surface area contributed by atoms with Crippen LogP contribution in [-0.4, -0.2) is 26.8 Å². The predicted octanol–water partition coefficient (Wildman–Crippen LogP) is 2.20. The maximum absolute atomic E-state index is 12.0. The first-order valence-electron chi connectivity index (χ1n) is 6.87. The molecule has 0 spiro atoms. The summed E-state index contributed by atoms with van der Waals surface area (Å²) in [5.41, 5.74) is 6.15. The monoisotopic (exact) mass is 363 g/mol. The van der Waals surface area contributed by atoms with Crippen molar-refractivity contribution >= 4 is 46.0 Å². The molecule has 2 N–H and O–H groups in total. The van der Waals surface area contributed by atoms with Crippen LogP contribution < -0.4 is 10.9 Å². The van der Waals surface area contributed by atoms with Gasteiger partial charge in [0.25, 0.3) is 11.8 Å². The van der Waals surface area contributed by atoms with Crippen molar-refractivity contribution in [2.75, 3.05) is 0 Å². The topological polar surface area (TPSA) is 88.9 Å². The second-order valence-electron chi connectivity index (χ2n) is 4.86. The van der Waals surface area contributed by atoms with Gasteiger partial charge in [0, 0.05) is 5.02 Å². The van der Waals surface area contributed by atoms with Gasteiger partial charge in [-0.3, -0.25) is 20.4 Å². The Bertz CT molecular complexity index is 925. The molecule has 0 fully saturated rings. The van der Waals surface area contributed by atoms with Gasteiger partial charge in [-0.25, -0.2) is 4.68 Å². The second-order valence-corrected chi connectivity index (χ2v) is 5.71. The summed E-state index contributed by atoms with van der Waals surface area (Å²) in [5.74, 6) is -1.03. The van der Waals surface area contributed by atoms with E-state index in [2.05, 4.69) is 21.2 Å². The lowest BCUT2D eigenvalue weighted by molar-refractivity contribution is -0.122. The van der Waals surface area contributed by atoms with Crippen LogP contribution in [0, 0.1) is 0 Å². The van der Waals surface area contributed by atoms with Gasteiger partial charge in [0.05, 0.1) is 16.1 Å². The first-order chi connectivity index (χ1) is 11.5. The summed E-state index contributed by atoms with van der Waals surface area (Å²) in [4.78, 5) is 24.0. The van der Waals surface area contributed by atoms with Crippen LogP contribution in [0.15, 0.2) is 42.5 Å². The van der Waals surface area contributed by atoms with Crippen LogP contribution in [0.25, 0.3) is 11.0 Å². The molecule has 0 aliphatic heterocycles. The number of halogens is 2. The molecule has 7 nitrogen and oxygen atoms in total. The Hall–Kier alpha value is -2.64. The molecule has 0 radical (unpaired) electrons. The smallest absolute Gasteiger partial charge is 0.271 e. The van der Waals surface area contributed by atoms with Gasteiger partial charge in [-0.1, -0.05) is 40.5 Å². The highest BCUT2D eigenvalue weighted by atomic mass is 35.5. The average molecular weight is 364 g/mol. The first-order valence-corrected chi connectivity index (χ1v) is 7.62. The number of benzene rings is 2. The molecular weight excluding hydrogens is 353 g/mol. The van der Waals surface area contributed by atoms with Crippen LogP contribution in [0.1, 0.15) is 10.4 Å². The number of nitrogens with zero attached hydrogens (tertiary/aromatic N) is 3. The normalized spacial score (nSPS) is 10.6. The number of hydrogen-bond donors (Lipinski definition) is 2. The lowest BCUT2D eigenvalue weighted by Crippen LogP contribution is -2.43. The minimum atomic E-state index is -0.570. The summed E-state index contributed by atoms with van der Waals surface area (Å²) in [6.45, 7) is -0.0932. The van der Waals surface area contributed by atoms with Crippen molar-refractivity contribution < 1.29 is 9.59 Å². The first kappa shape index (κ1) is 16.2. The maximum atomic E-state index is 12.0. The van der Waals surface area contributed by atoms with E-state index in [1.165, 1.54) is 16.8 Å². The molecule has 0 unspecified atom stereocenters. The lowest BCUT2D eigenvalue weighted by Gasteiger charge is -2.09. The summed E-state index contributed by atoms with van der Waals surface area (Å²) >= 11 is 11.8. The number of carbonyl (C=O) groups is 2. The zero-order valence-electron chi connectivity index (χ0n) is 12.2. The molecule has 3 rings (SSSR count). The zero-order chi connectivity index (χ0) is 17.1. The molecule has 0 aliphatic carbocycles. The number of hydrazine groups is 1. The van der Waals surface area contributed by atoms with E-state index in [1.807, 2.05) is 12.1 Å². The molecule has 2 amide bonds. The van der Waals surface area contributed by atoms with Crippen molar-refractivity contribution in [2.45, 2.75) is 6.54 Å². The van der Waals surface area contributed by atoms with E-state index in [0.29, 0.717) is 10.5 Å². The van der Waals surface area contributed by atoms with Crippen molar-refractivity contribution in [2.24, 2.45) is 0 Å². The average Bonchev–Trinajstić information content (AvgIpc) is 2.98. The zero-order valence-corrected chi connectivity index (χ0v) is 13.7. The molecule has 0 bridgehead atoms. The minimum Gasteiger partial charge on any atom is -0.271 e. The third-order valence-corrected chi connectivity index (χ3v) is 3.77. The van der Waals surface area contributed by atoms with Gasteiger partial charge in [-0.2, -0.15) is 0 Å². The molecule has 0 saturated heterocycles. The van der Waals surface area contributed by atoms with Crippen molar-refractivity contribution in [1.29, 1.82) is 0 Å². The highest BCUT2D eigenvalue weighted by molar-refractivity contribution is 6.35. The Kier molecular flexibility index (Phi) is 4.64. The van der Waals surface area contributed by atoms with Gasteiger partial charge in [0.2, 0.25) is 0 Å². The van der Waals surface area contributed by atoms with Gasteiger partial charge in [-0.05, 0) is 30.3 Å². The number of nitrogens with one attached hydrogen (secondary N) is 2. The molecule has 3 aromatic rings. The maximum Gasteiger partial charge on any atom is 0.271 e. The van der Waals surface area contributed by atoms with E-state index in [-0.39, 0.29) is 17.1 Å². The Morgan fingerprint density at radius 2 is 1.88 bits per heavy atom. The third kappa shape index (κ3) is 3.47. The van der Waals surface area contributed by atoms with Crippen molar-refractivity contribution in [3.05, 3.63) is 58.1 Å². The standard InChI is InChI=1S/C15H11Cl2N5O2/c16-9-5-6-11(17)10(7-9)15(24)20-19-14(23)8-22-13-4-2-1-3-12(13)18-21-22/h1-7H,8H2,(H,19,23)(H,20,24). The number of aromatic nitrogens is 3. The molecule has 0 aliphatic rings. The SMILES string of the molecule is O=C(Cn1nnc2ccccc21)NNC(=O)c1cc(Cl)ccc1Cl. The summed E-state index contributed by atoms with van der Waals surface area (Å²) in [6, 6.07) is 11.7. The van der Waals surface area contributed by atoms with E-state index in [9.17, 15) is 9.59 Å². The van der Waals surface area contributed by atoms with Crippen LogP contribution in [0.3, 0.4) is 0 Å². The summed E-state index contributed by atoms with van der Waals surface area (Å²) in [5, 5.41) is 8.45. The summed E-state index contributed by atoms with van der Waals surface area (Å²) < 4.78 is 1.43. The molecule has 0 atom stereocenters. The highest BCUT2D eigenvalue weighted by Gasteiger charge is 2.13. The number of rotatable bonds is 3. The Balaban J connectivity index is 1.63. The number of hydrogen-bond acceptors (Lipinski definition) is 4. The van der Waals surface area contributed by atoms with E-state index >= 15 is 0 Å². The van der Waals surface area contributed by atoms with Crippen LogP contribution in [-0.2, 0) is 11.3 Å². The number of para-hydroxylation sites is 1. The quantitative estimate of drug-likeness (QED) is 0.698. The third-order valence-electron chi connectivity index (χ3n) is 3.20. The number of carbonyl (C=O) groups excluding carboxylic acids is 2.